The van der Waals surface area contributed by atoms with E-state index in [9.17, 15) is 4.79 Å². The Hall–Kier alpha value is -1.64. The number of ketones is 1. The van der Waals surface area contributed by atoms with Crippen molar-refractivity contribution in [1.29, 1.82) is 0 Å². The van der Waals surface area contributed by atoms with Crippen LogP contribution in [-0.4, -0.2) is 10.8 Å². The Labute approximate surface area is 107 Å². The van der Waals surface area contributed by atoms with E-state index in [4.69, 9.17) is 4.42 Å². The summed E-state index contributed by atoms with van der Waals surface area (Å²) in [6.45, 7) is 6.42. The quantitative estimate of drug-likeness (QED) is 0.823. The van der Waals surface area contributed by atoms with Gasteiger partial charge >= 0.3 is 0 Å². The molecule has 0 spiro atoms. The normalized spacial score (nSPS) is 11.9. The fraction of sp³-hybridized carbons (Fsp3) is 0.467. The molecule has 0 fully saturated rings. The van der Waals surface area contributed by atoms with Crippen molar-refractivity contribution in [3.63, 3.8) is 0 Å². The van der Waals surface area contributed by atoms with Gasteiger partial charge in [-0.15, -0.1) is 0 Å². The minimum Gasteiger partial charge on any atom is -0.440 e. The lowest BCUT2D eigenvalue weighted by atomic mass is 9.89. The van der Waals surface area contributed by atoms with Gasteiger partial charge in [0.1, 0.15) is 11.3 Å². The maximum Gasteiger partial charge on any atom is 0.202 e. The van der Waals surface area contributed by atoms with E-state index in [0.717, 1.165) is 17.5 Å². The largest absolute Gasteiger partial charge is 0.440 e. The summed E-state index contributed by atoms with van der Waals surface area (Å²) in [5.41, 5.74) is 1.75. The minimum absolute atomic E-state index is 0.191. The van der Waals surface area contributed by atoms with Crippen LogP contribution < -0.4 is 0 Å². The van der Waals surface area contributed by atoms with Crippen LogP contribution in [-0.2, 0) is 11.2 Å². The average Bonchev–Trinajstić information content (AvgIpc) is 2.67. The summed E-state index contributed by atoms with van der Waals surface area (Å²) in [5, 5.41) is 0. The maximum atomic E-state index is 11.8. The highest BCUT2D eigenvalue weighted by Crippen LogP contribution is 2.21. The standard InChI is InChI=1S/C15H19NO2/c1-15(2,3)9-8-11(17)10-14-16-12-6-4-5-7-13(12)18-14/h4-7H,8-10H2,1-3H3. The van der Waals surface area contributed by atoms with E-state index >= 15 is 0 Å². The molecule has 1 heterocycles. The van der Waals surface area contributed by atoms with Gasteiger partial charge in [0.2, 0.25) is 5.89 Å². The van der Waals surface area contributed by atoms with Gasteiger partial charge in [-0.25, -0.2) is 4.98 Å². The second-order valence-electron chi connectivity index (χ2n) is 5.85. The molecule has 0 radical (unpaired) electrons. The third-order valence-corrected chi connectivity index (χ3v) is 2.84. The molecule has 1 aromatic carbocycles. The van der Waals surface area contributed by atoms with Crippen LogP contribution in [0.25, 0.3) is 11.1 Å². The molecule has 0 unspecified atom stereocenters. The number of carbonyl (C=O) groups is 1. The maximum absolute atomic E-state index is 11.8. The number of hydrogen-bond acceptors (Lipinski definition) is 3. The van der Waals surface area contributed by atoms with Crippen LogP contribution in [0.15, 0.2) is 28.7 Å². The lowest BCUT2D eigenvalue weighted by Crippen LogP contribution is -2.10. The smallest absolute Gasteiger partial charge is 0.202 e. The number of para-hydroxylation sites is 2. The molecule has 0 N–H and O–H groups in total. The zero-order chi connectivity index (χ0) is 13.2. The highest BCUT2D eigenvalue weighted by molar-refractivity contribution is 5.81. The van der Waals surface area contributed by atoms with Crippen molar-refractivity contribution in [3.05, 3.63) is 30.2 Å². The third kappa shape index (κ3) is 3.42. The first kappa shape index (κ1) is 12.8. The summed E-state index contributed by atoms with van der Waals surface area (Å²) in [5.74, 6) is 0.714. The molecule has 0 aliphatic rings. The number of carbonyl (C=O) groups excluding carboxylic acids is 1. The molecule has 0 saturated carbocycles. The first-order valence-electron chi connectivity index (χ1n) is 6.30. The zero-order valence-corrected chi connectivity index (χ0v) is 11.2. The van der Waals surface area contributed by atoms with Gasteiger partial charge in [0, 0.05) is 6.42 Å². The van der Waals surface area contributed by atoms with Crippen molar-refractivity contribution in [1.82, 2.24) is 4.98 Å². The predicted octanol–water partition coefficient (Wildman–Crippen LogP) is 3.77. The molecular formula is C15H19NO2. The van der Waals surface area contributed by atoms with Crippen LogP contribution in [0.2, 0.25) is 0 Å². The lowest BCUT2D eigenvalue weighted by molar-refractivity contribution is -0.119. The molecule has 2 aromatic rings. The van der Waals surface area contributed by atoms with E-state index in [2.05, 4.69) is 25.8 Å². The molecule has 3 heteroatoms. The van der Waals surface area contributed by atoms with E-state index in [1.807, 2.05) is 24.3 Å². The Morgan fingerprint density at radius 2 is 2.00 bits per heavy atom. The topological polar surface area (TPSA) is 43.1 Å². The number of benzene rings is 1. The molecule has 1 aromatic heterocycles. The fourth-order valence-electron chi connectivity index (χ4n) is 1.77. The lowest BCUT2D eigenvalue weighted by Gasteiger charge is -2.16. The third-order valence-electron chi connectivity index (χ3n) is 2.84. The van der Waals surface area contributed by atoms with Crippen LogP contribution in [0, 0.1) is 5.41 Å². The second-order valence-corrected chi connectivity index (χ2v) is 5.85. The summed E-state index contributed by atoms with van der Waals surface area (Å²) >= 11 is 0. The van der Waals surface area contributed by atoms with Crippen LogP contribution in [0.5, 0.6) is 0 Å². The average molecular weight is 245 g/mol. The van der Waals surface area contributed by atoms with Crippen molar-refractivity contribution in [2.45, 2.75) is 40.0 Å². The number of oxazole rings is 1. The van der Waals surface area contributed by atoms with Crippen LogP contribution in [0.4, 0.5) is 0 Å². The van der Waals surface area contributed by atoms with E-state index in [0.29, 0.717) is 18.7 Å². The Morgan fingerprint density at radius 1 is 1.28 bits per heavy atom. The Kier molecular flexibility index (Phi) is 3.50. The molecular weight excluding hydrogens is 226 g/mol. The zero-order valence-electron chi connectivity index (χ0n) is 11.2. The number of nitrogens with zero attached hydrogens (tertiary/aromatic N) is 1. The second kappa shape index (κ2) is 4.92. The summed E-state index contributed by atoms with van der Waals surface area (Å²) in [6, 6.07) is 7.57. The van der Waals surface area contributed by atoms with E-state index < -0.39 is 0 Å². The molecule has 0 aliphatic heterocycles. The van der Waals surface area contributed by atoms with E-state index in [1.54, 1.807) is 0 Å². The molecule has 18 heavy (non-hydrogen) atoms. The van der Waals surface area contributed by atoms with E-state index in [-0.39, 0.29) is 11.2 Å². The van der Waals surface area contributed by atoms with E-state index in [1.165, 1.54) is 0 Å². The molecule has 96 valence electrons. The SMILES string of the molecule is CC(C)(C)CCC(=O)Cc1nc2ccccc2o1. The highest BCUT2D eigenvalue weighted by atomic mass is 16.3. The van der Waals surface area contributed by atoms with Crippen LogP contribution >= 0.6 is 0 Å². The monoisotopic (exact) mass is 245 g/mol. The molecule has 0 amide bonds. The van der Waals surface area contributed by atoms with Gasteiger partial charge in [0.05, 0.1) is 6.42 Å². The molecule has 2 rings (SSSR count). The van der Waals surface area contributed by atoms with Gasteiger partial charge in [-0.3, -0.25) is 4.79 Å². The van der Waals surface area contributed by atoms with Gasteiger partial charge in [0.15, 0.2) is 5.58 Å². The summed E-state index contributed by atoms with van der Waals surface area (Å²) in [4.78, 5) is 16.1. The van der Waals surface area contributed by atoms with Crippen molar-refractivity contribution in [2.24, 2.45) is 5.41 Å². The summed E-state index contributed by atoms with van der Waals surface area (Å²) < 4.78 is 5.54. The van der Waals surface area contributed by atoms with Crippen molar-refractivity contribution < 1.29 is 9.21 Å². The first-order valence-corrected chi connectivity index (χ1v) is 6.30. The molecule has 0 aliphatic carbocycles. The first-order chi connectivity index (χ1) is 8.44. The van der Waals surface area contributed by atoms with Gasteiger partial charge < -0.3 is 4.42 Å². The summed E-state index contributed by atoms with van der Waals surface area (Å²) in [6.07, 6.45) is 1.78. The van der Waals surface area contributed by atoms with Gasteiger partial charge in [-0.1, -0.05) is 32.9 Å². The Morgan fingerprint density at radius 3 is 2.67 bits per heavy atom. The van der Waals surface area contributed by atoms with Gasteiger partial charge in [-0.2, -0.15) is 0 Å². The number of aromatic nitrogens is 1. The number of fused-ring (bicyclic) bond motifs is 1. The molecule has 0 saturated heterocycles. The summed E-state index contributed by atoms with van der Waals surface area (Å²) in [7, 11) is 0. The van der Waals surface area contributed by atoms with Gasteiger partial charge in [0.25, 0.3) is 0 Å². The Bertz CT molecular complexity index is 516. The minimum atomic E-state index is 0.191. The molecule has 0 bridgehead atoms. The Balaban J connectivity index is 1.99. The predicted molar refractivity (Wildman–Crippen MR) is 71.4 cm³/mol. The number of rotatable bonds is 4. The van der Waals surface area contributed by atoms with Crippen molar-refractivity contribution >= 4 is 16.9 Å². The van der Waals surface area contributed by atoms with Crippen LogP contribution in [0.3, 0.4) is 0 Å². The number of Topliss-reactive ketones (excluding diaryl/α,β-unsaturated/α-hetero) is 1. The number of hydrogen-bond donors (Lipinski definition) is 0. The van der Waals surface area contributed by atoms with Crippen LogP contribution in [0.1, 0.15) is 39.5 Å². The van der Waals surface area contributed by atoms with Crippen molar-refractivity contribution in [3.8, 4) is 0 Å². The molecule has 3 nitrogen and oxygen atoms in total. The highest BCUT2D eigenvalue weighted by Gasteiger charge is 2.15. The van der Waals surface area contributed by atoms with Crippen molar-refractivity contribution in [2.75, 3.05) is 0 Å². The molecule has 0 atom stereocenters. The van der Waals surface area contributed by atoms with Gasteiger partial charge in [-0.05, 0) is 24.0 Å². The fourth-order valence-corrected chi connectivity index (χ4v) is 1.77.